The van der Waals surface area contributed by atoms with E-state index in [0.29, 0.717) is 17.8 Å². The average molecular weight is 428 g/mol. The Bertz CT molecular complexity index is 1030. The van der Waals surface area contributed by atoms with Crippen molar-refractivity contribution in [3.8, 4) is 17.0 Å². The van der Waals surface area contributed by atoms with Gasteiger partial charge >= 0.3 is 0 Å². The molecule has 0 saturated carbocycles. The second kappa shape index (κ2) is 8.29. The number of halogens is 1. The number of hydrogen-bond acceptors (Lipinski definition) is 4. The minimum absolute atomic E-state index is 0.205. The lowest BCUT2D eigenvalue weighted by atomic mass is 10.1. The molecule has 0 amide bonds. The monoisotopic (exact) mass is 427 g/mol. The number of rotatable bonds is 5. The molecule has 2 aromatic carbocycles. The molecule has 1 N–H and O–H groups in total. The predicted octanol–water partition coefficient (Wildman–Crippen LogP) is 5.04. The van der Waals surface area contributed by atoms with Gasteiger partial charge in [0.05, 0.1) is 18.0 Å². The molecular formula is C20H18BrN3OS. The molecule has 0 radical (unpaired) electrons. The number of phenols is 1. The average Bonchev–Trinajstić information content (AvgIpc) is 3.03. The SMILES string of the molecule is C=CCN=c1scc(-c2ccccc2Br)n1N=C(C)c1ccccc1O. The third-order valence-corrected chi connectivity index (χ3v) is 5.28. The van der Waals surface area contributed by atoms with E-state index in [2.05, 4.69) is 27.5 Å². The largest absolute Gasteiger partial charge is 0.507 e. The topological polar surface area (TPSA) is 49.9 Å². The van der Waals surface area contributed by atoms with E-state index < -0.39 is 0 Å². The molecule has 0 fully saturated rings. The van der Waals surface area contributed by atoms with Crippen LogP contribution in [0.4, 0.5) is 0 Å². The minimum Gasteiger partial charge on any atom is -0.507 e. The molecule has 0 spiro atoms. The Kier molecular flexibility index (Phi) is 5.85. The highest BCUT2D eigenvalue weighted by Crippen LogP contribution is 2.28. The number of benzene rings is 2. The Morgan fingerprint density at radius 1 is 1.23 bits per heavy atom. The Morgan fingerprint density at radius 3 is 2.69 bits per heavy atom. The highest BCUT2D eigenvalue weighted by atomic mass is 79.9. The summed E-state index contributed by atoms with van der Waals surface area (Å²) in [5.41, 5.74) is 3.35. The highest BCUT2D eigenvalue weighted by Gasteiger charge is 2.12. The number of phenolic OH excluding ortho intramolecular Hbond substituents is 1. The van der Waals surface area contributed by atoms with E-state index in [1.165, 1.54) is 11.3 Å². The molecule has 0 unspecified atom stereocenters. The predicted molar refractivity (Wildman–Crippen MR) is 112 cm³/mol. The Labute approximate surface area is 164 Å². The Balaban J connectivity index is 2.20. The zero-order chi connectivity index (χ0) is 18.5. The van der Waals surface area contributed by atoms with Gasteiger partial charge in [-0.3, -0.25) is 4.99 Å². The van der Waals surface area contributed by atoms with Crippen LogP contribution in [0.5, 0.6) is 5.75 Å². The van der Waals surface area contributed by atoms with Crippen LogP contribution in [0.3, 0.4) is 0 Å². The summed E-state index contributed by atoms with van der Waals surface area (Å²) in [4.78, 5) is 5.32. The van der Waals surface area contributed by atoms with Crippen LogP contribution in [-0.4, -0.2) is 22.0 Å². The lowest BCUT2D eigenvalue weighted by molar-refractivity contribution is 0.474. The van der Waals surface area contributed by atoms with Crippen LogP contribution in [0.1, 0.15) is 12.5 Å². The summed E-state index contributed by atoms with van der Waals surface area (Å²) in [5.74, 6) is 0.205. The first-order valence-corrected chi connectivity index (χ1v) is 9.70. The van der Waals surface area contributed by atoms with Gasteiger partial charge in [-0.05, 0) is 25.1 Å². The summed E-state index contributed by atoms with van der Waals surface area (Å²) in [5, 5.41) is 16.9. The smallest absolute Gasteiger partial charge is 0.206 e. The second-order valence-corrected chi connectivity index (χ2v) is 7.22. The summed E-state index contributed by atoms with van der Waals surface area (Å²) >= 11 is 5.13. The summed E-state index contributed by atoms with van der Waals surface area (Å²) in [6, 6.07) is 15.2. The molecule has 3 aromatic rings. The lowest BCUT2D eigenvalue weighted by Gasteiger charge is -2.08. The van der Waals surface area contributed by atoms with Gasteiger partial charge in [0.15, 0.2) is 0 Å². The van der Waals surface area contributed by atoms with Gasteiger partial charge in [0.1, 0.15) is 5.75 Å². The summed E-state index contributed by atoms with van der Waals surface area (Å²) < 4.78 is 2.80. The normalized spacial score (nSPS) is 12.4. The fourth-order valence-corrected chi connectivity index (χ4v) is 3.80. The van der Waals surface area contributed by atoms with Gasteiger partial charge in [-0.1, -0.05) is 52.3 Å². The molecule has 4 nitrogen and oxygen atoms in total. The van der Waals surface area contributed by atoms with Crippen molar-refractivity contribution in [2.45, 2.75) is 6.92 Å². The van der Waals surface area contributed by atoms with Gasteiger partial charge in [0.25, 0.3) is 0 Å². The van der Waals surface area contributed by atoms with Crippen LogP contribution in [0, 0.1) is 0 Å². The van der Waals surface area contributed by atoms with Crippen molar-refractivity contribution in [1.29, 1.82) is 0 Å². The van der Waals surface area contributed by atoms with E-state index in [1.54, 1.807) is 18.2 Å². The van der Waals surface area contributed by atoms with Crippen molar-refractivity contribution < 1.29 is 5.11 Å². The molecule has 1 aromatic heterocycles. The van der Waals surface area contributed by atoms with Crippen molar-refractivity contribution in [3.63, 3.8) is 0 Å². The summed E-state index contributed by atoms with van der Waals surface area (Å²) in [6.07, 6.45) is 1.75. The standard InChI is InChI=1S/C20H18BrN3OS/c1-3-12-22-20-24(23-14(2)15-8-5-7-11-19(15)25)18(13-26-20)16-9-4-6-10-17(16)21/h3-11,13,25H,1,12H2,2H3. The van der Waals surface area contributed by atoms with Gasteiger partial charge in [0, 0.05) is 21.0 Å². The minimum atomic E-state index is 0.205. The van der Waals surface area contributed by atoms with E-state index in [4.69, 9.17) is 5.10 Å². The quantitative estimate of drug-likeness (QED) is 0.449. The van der Waals surface area contributed by atoms with Crippen molar-refractivity contribution in [3.05, 3.63) is 81.4 Å². The van der Waals surface area contributed by atoms with Crippen molar-refractivity contribution in [1.82, 2.24) is 4.68 Å². The molecule has 0 saturated heterocycles. The molecule has 3 rings (SSSR count). The zero-order valence-corrected chi connectivity index (χ0v) is 16.7. The third-order valence-electron chi connectivity index (χ3n) is 3.73. The number of hydrogen-bond donors (Lipinski definition) is 1. The highest BCUT2D eigenvalue weighted by molar-refractivity contribution is 9.10. The maximum absolute atomic E-state index is 10.1. The van der Waals surface area contributed by atoms with E-state index >= 15 is 0 Å². The van der Waals surface area contributed by atoms with Crippen LogP contribution < -0.4 is 4.80 Å². The molecule has 26 heavy (non-hydrogen) atoms. The van der Waals surface area contributed by atoms with Crippen LogP contribution in [0.15, 0.2) is 81.1 Å². The number of thiazole rings is 1. The van der Waals surface area contributed by atoms with Gasteiger partial charge in [-0.25, -0.2) is 4.68 Å². The maximum Gasteiger partial charge on any atom is 0.206 e. The van der Waals surface area contributed by atoms with Gasteiger partial charge in [0.2, 0.25) is 4.80 Å². The van der Waals surface area contributed by atoms with Crippen molar-refractivity contribution in [2.75, 3.05) is 6.54 Å². The number of nitrogens with zero attached hydrogens (tertiary/aromatic N) is 3. The van der Waals surface area contributed by atoms with Crippen molar-refractivity contribution >= 4 is 33.0 Å². The number of aromatic nitrogens is 1. The number of aromatic hydroxyl groups is 1. The van der Waals surface area contributed by atoms with E-state index in [0.717, 1.165) is 20.5 Å². The molecular weight excluding hydrogens is 410 g/mol. The molecule has 0 aliphatic heterocycles. The van der Waals surface area contributed by atoms with Crippen molar-refractivity contribution in [2.24, 2.45) is 10.1 Å². The van der Waals surface area contributed by atoms with Crippen LogP contribution >= 0.6 is 27.3 Å². The van der Waals surface area contributed by atoms with Crippen LogP contribution in [0.25, 0.3) is 11.3 Å². The first kappa shape index (κ1) is 18.4. The van der Waals surface area contributed by atoms with Crippen LogP contribution in [-0.2, 0) is 0 Å². The fourth-order valence-electron chi connectivity index (χ4n) is 2.48. The second-order valence-electron chi connectivity index (χ2n) is 5.53. The molecule has 0 atom stereocenters. The Hall–Kier alpha value is -2.44. The molecule has 0 aliphatic rings. The molecule has 6 heteroatoms. The van der Waals surface area contributed by atoms with Gasteiger partial charge < -0.3 is 5.11 Å². The molecule has 0 bridgehead atoms. The van der Waals surface area contributed by atoms with Gasteiger partial charge in [-0.2, -0.15) is 5.10 Å². The first-order valence-electron chi connectivity index (χ1n) is 8.02. The van der Waals surface area contributed by atoms with Crippen LogP contribution in [0.2, 0.25) is 0 Å². The molecule has 1 heterocycles. The molecule has 132 valence electrons. The number of para-hydroxylation sites is 1. The van der Waals surface area contributed by atoms with E-state index in [-0.39, 0.29) is 5.75 Å². The van der Waals surface area contributed by atoms with Gasteiger partial charge in [-0.15, -0.1) is 17.9 Å². The van der Waals surface area contributed by atoms with E-state index in [1.807, 2.05) is 53.4 Å². The summed E-state index contributed by atoms with van der Waals surface area (Å²) in [7, 11) is 0. The first-order chi connectivity index (χ1) is 12.6. The molecule has 0 aliphatic carbocycles. The van der Waals surface area contributed by atoms with E-state index in [9.17, 15) is 5.11 Å². The Morgan fingerprint density at radius 2 is 1.96 bits per heavy atom. The zero-order valence-electron chi connectivity index (χ0n) is 14.3. The fraction of sp³-hybridized carbons (Fsp3) is 0.100. The lowest BCUT2D eigenvalue weighted by Crippen LogP contribution is -2.14. The summed E-state index contributed by atoms with van der Waals surface area (Å²) in [6.45, 7) is 6.12. The maximum atomic E-state index is 10.1. The third kappa shape index (κ3) is 3.86.